The average molecular weight is 287 g/mol. The van der Waals surface area contributed by atoms with E-state index in [1.807, 2.05) is 20.8 Å². The quantitative estimate of drug-likeness (QED) is 0.925. The van der Waals surface area contributed by atoms with Crippen molar-refractivity contribution in [3.63, 3.8) is 0 Å². The molecule has 0 spiro atoms. The smallest absolute Gasteiger partial charge is 0.267 e. The maximum Gasteiger partial charge on any atom is 0.267 e. The van der Waals surface area contributed by atoms with Crippen LogP contribution in [0.1, 0.15) is 42.5 Å². The summed E-state index contributed by atoms with van der Waals surface area (Å²) in [6, 6.07) is 6.10. The number of nitrogens with zero attached hydrogens (tertiary/aromatic N) is 2. The Balaban J connectivity index is 2.11. The molecule has 1 atom stereocenters. The molecule has 0 aromatic heterocycles. The van der Waals surface area contributed by atoms with Gasteiger partial charge in [-0.1, -0.05) is 23.8 Å². The second-order valence-electron chi connectivity index (χ2n) is 5.52. The summed E-state index contributed by atoms with van der Waals surface area (Å²) in [6.07, 6.45) is 0.731. The van der Waals surface area contributed by atoms with Gasteiger partial charge < -0.3 is 5.32 Å². The fourth-order valence-corrected chi connectivity index (χ4v) is 2.42. The Morgan fingerprint density at radius 1 is 1.33 bits per heavy atom. The molecule has 112 valence electrons. The molecule has 2 amide bonds. The predicted octanol–water partition coefficient (Wildman–Crippen LogP) is 2.09. The number of hydrogen-bond acceptors (Lipinski definition) is 3. The summed E-state index contributed by atoms with van der Waals surface area (Å²) in [5.41, 5.74) is 3.82. The van der Waals surface area contributed by atoms with Crippen molar-refractivity contribution in [2.24, 2.45) is 5.10 Å². The van der Waals surface area contributed by atoms with Crippen LogP contribution in [-0.4, -0.2) is 29.6 Å². The Kier molecular flexibility index (Phi) is 4.40. The van der Waals surface area contributed by atoms with Crippen molar-refractivity contribution >= 4 is 17.5 Å². The van der Waals surface area contributed by atoms with E-state index in [0.29, 0.717) is 18.6 Å². The molecule has 0 fully saturated rings. The molecule has 5 nitrogen and oxygen atoms in total. The number of hydrazone groups is 1. The van der Waals surface area contributed by atoms with Crippen LogP contribution in [0.2, 0.25) is 0 Å². The van der Waals surface area contributed by atoms with E-state index in [2.05, 4.69) is 28.6 Å². The maximum absolute atomic E-state index is 12.3. The Morgan fingerprint density at radius 2 is 2.05 bits per heavy atom. The van der Waals surface area contributed by atoms with Gasteiger partial charge in [-0.3, -0.25) is 9.59 Å². The fourth-order valence-electron chi connectivity index (χ4n) is 2.42. The van der Waals surface area contributed by atoms with Crippen LogP contribution in [0.5, 0.6) is 0 Å². The summed E-state index contributed by atoms with van der Waals surface area (Å²) in [5, 5.41) is 8.24. The molecule has 1 heterocycles. The summed E-state index contributed by atoms with van der Waals surface area (Å²) >= 11 is 0. The molecular formula is C16H21N3O2. The lowest BCUT2D eigenvalue weighted by molar-refractivity contribution is -0.130. The van der Waals surface area contributed by atoms with Gasteiger partial charge in [0.2, 0.25) is 5.91 Å². The molecule has 1 aromatic carbocycles. The Labute approximate surface area is 125 Å². The molecule has 0 aliphatic carbocycles. The lowest BCUT2D eigenvalue weighted by Crippen LogP contribution is -2.38. The maximum atomic E-state index is 12.3. The van der Waals surface area contributed by atoms with E-state index in [1.165, 1.54) is 5.01 Å². The molecule has 1 aliphatic heterocycles. The first-order chi connectivity index (χ1) is 9.88. The molecule has 0 unspecified atom stereocenters. The Morgan fingerprint density at radius 3 is 2.71 bits per heavy atom. The monoisotopic (exact) mass is 287 g/mol. The lowest BCUT2D eigenvalue weighted by Gasteiger charge is -2.21. The zero-order valence-electron chi connectivity index (χ0n) is 12.9. The second kappa shape index (κ2) is 6.08. The fraction of sp³-hybridized carbons (Fsp3) is 0.438. The zero-order chi connectivity index (χ0) is 15.6. The van der Waals surface area contributed by atoms with Crippen LogP contribution in [0.3, 0.4) is 0 Å². The van der Waals surface area contributed by atoms with Crippen molar-refractivity contribution in [3.05, 3.63) is 34.9 Å². The standard InChI is InChI=1S/C16H21N3O2/c1-10-5-6-11(2)13(9-10)12(3)17-16(21)14-7-8-15(20)19(4)18-14/h5-6,9,12H,7-8H2,1-4H3,(H,17,21)/t12-/m1/s1. The summed E-state index contributed by atoms with van der Waals surface area (Å²) in [5.74, 6) is -0.267. The van der Waals surface area contributed by atoms with Crippen molar-refractivity contribution in [3.8, 4) is 0 Å². The van der Waals surface area contributed by atoms with Crippen molar-refractivity contribution in [1.29, 1.82) is 0 Å². The van der Waals surface area contributed by atoms with Gasteiger partial charge in [-0.25, -0.2) is 5.01 Å². The number of amides is 2. The second-order valence-corrected chi connectivity index (χ2v) is 5.52. The number of benzene rings is 1. The topological polar surface area (TPSA) is 61.8 Å². The molecule has 1 N–H and O–H groups in total. The molecule has 0 saturated heterocycles. The third-order valence-corrected chi connectivity index (χ3v) is 3.72. The van der Waals surface area contributed by atoms with E-state index in [4.69, 9.17) is 0 Å². The predicted molar refractivity (Wildman–Crippen MR) is 81.9 cm³/mol. The lowest BCUT2D eigenvalue weighted by atomic mass is 9.99. The summed E-state index contributed by atoms with van der Waals surface area (Å²) in [6.45, 7) is 6.02. The number of carbonyl (C=O) groups excluding carboxylic acids is 2. The normalized spacial score (nSPS) is 16.5. The van der Waals surface area contributed by atoms with Gasteiger partial charge in [0.1, 0.15) is 5.71 Å². The van der Waals surface area contributed by atoms with Crippen LogP contribution in [-0.2, 0) is 9.59 Å². The SMILES string of the molecule is Cc1ccc(C)c([C@@H](C)NC(=O)C2=NN(C)C(=O)CC2)c1. The van der Waals surface area contributed by atoms with Gasteiger partial charge in [-0.15, -0.1) is 0 Å². The van der Waals surface area contributed by atoms with Gasteiger partial charge in [0.05, 0.1) is 6.04 Å². The van der Waals surface area contributed by atoms with Gasteiger partial charge in [0.15, 0.2) is 0 Å². The number of aryl methyl sites for hydroxylation is 2. The van der Waals surface area contributed by atoms with Crippen molar-refractivity contribution < 1.29 is 9.59 Å². The van der Waals surface area contributed by atoms with Crippen LogP contribution in [0.4, 0.5) is 0 Å². The van der Waals surface area contributed by atoms with E-state index in [1.54, 1.807) is 7.05 Å². The zero-order valence-corrected chi connectivity index (χ0v) is 12.9. The number of nitrogens with one attached hydrogen (secondary N) is 1. The molecule has 2 rings (SSSR count). The number of carbonyl (C=O) groups is 2. The minimum absolute atomic E-state index is 0.0610. The summed E-state index contributed by atoms with van der Waals surface area (Å²) in [4.78, 5) is 23.6. The van der Waals surface area contributed by atoms with Gasteiger partial charge >= 0.3 is 0 Å². The van der Waals surface area contributed by atoms with E-state index < -0.39 is 0 Å². The van der Waals surface area contributed by atoms with Crippen LogP contribution in [0, 0.1) is 13.8 Å². The van der Waals surface area contributed by atoms with Gasteiger partial charge in [-0.05, 0) is 31.9 Å². The third kappa shape index (κ3) is 3.48. The van der Waals surface area contributed by atoms with Gasteiger partial charge in [0, 0.05) is 19.9 Å². The third-order valence-electron chi connectivity index (χ3n) is 3.72. The van der Waals surface area contributed by atoms with Crippen LogP contribution >= 0.6 is 0 Å². The number of hydrogen-bond donors (Lipinski definition) is 1. The summed E-state index contributed by atoms with van der Waals surface area (Å²) in [7, 11) is 1.57. The highest BCUT2D eigenvalue weighted by Gasteiger charge is 2.23. The largest absolute Gasteiger partial charge is 0.344 e. The minimum atomic E-state index is -0.206. The van der Waals surface area contributed by atoms with Crippen molar-refractivity contribution in [1.82, 2.24) is 10.3 Å². The molecule has 5 heteroatoms. The van der Waals surface area contributed by atoms with Crippen molar-refractivity contribution in [2.45, 2.75) is 39.7 Å². The van der Waals surface area contributed by atoms with E-state index in [9.17, 15) is 9.59 Å². The molecule has 0 bridgehead atoms. The molecular weight excluding hydrogens is 266 g/mol. The van der Waals surface area contributed by atoms with E-state index in [-0.39, 0.29) is 17.9 Å². The first-order valence-corrected chi connectivity index (χ1v) is 7.10. The minimum Gasteiger partial charge on any atom is -0.344 e. The van der Waals surface area contributed by atoms with Crippen LogP contribution in [0.25, 0.3) is 0 Å². The van der Waals surface area contributed by atoms with Crippen molar-refractivity contribution in [2.75, 3.05) is 7.05 Å². The van der Waals surface area contributed by atoms with Gasteiger partial charge in [0.25, 0.3) is 5.91 Å². The highest BCUT2D eigenvalue weighted by Crippen LogP contribution is 2.19. The highest BCUT2D eigenvalue weighted by molar-refractivity contribution is 6.39. The number of rotatable bonds is 3. The average Bonchev–Trinajstić information content (AvgIpc) is 2.44. The van der Waals surface area contributed by atoms with Gasteiger partial charge in [-0.2, -0.15) is 5.10 Å². The van der Waals surface area contributed by atoms with Crippen LogP contribution < -0.4 is 5.32 Å². The Bertz CT molecular complexity index is 608. The molecule has 0 radical (unpaired) electrons. The molecule has 1 aromatic rings. The highest BCUT2D eigenvalue weighted by atomic mass is 16.2. The van der Waals surface area contributed by atoms with Crippen LogP contribution in [0.15, 0.2) is 23.3 Å². The molecule has 1 aliphatic rings. The first-order valence-electron chi connectivity index (χ1n) is 7.10. The van der Waals surface area contributed by atoms with E-state index >= 15 is 0 Å². The molecule has 0 saturated carbocycles. The summed E-state index contributed by atoms with van der Waals surface area (Å²) < 4.78 is 0. The first kappa shape index (κ1) is 15.2. The Hall–Kier alpha value is -2.17. The van der Waals surface area contributed by atoms with E-state index in [0.717, 1.165) is 16.7 Å². The molecule has 21 heavy (non-hydrogen) atoms.